The zero-order chi connectivity index (χ0) is 20.9. The summed E-state index contributed by atoms with van der Waals surface area (Å²) >= 11 is 0. The van der Waals surface area contributed by atoms with Crippen LogP contribution in [0.5, 0.6) is 17.2 Å². The van der Waals surface area contributed by atoms with E-state index in [2.05, 4.69) is 17.0 Å². The minimum atomic E-state index is 0.576. The number of benzene rings is 3. The molecule has 0 aliphatic carbocycles. The van der Waals surface area contributed by atoms with Gasteiger partial charge in [0.05, 0.1) is 45.0 Å². The van der Waals surface area contributed by atoms with Gasteiger partial charge < -0.3 is 19.1 Å². The smallest absolute Gasteiger partial charge is 0.142 e. The maximum Gasteiger partial charge on any atom is 0.142 e. The van der Waals surface area contributed by atoms with Crippen LogP contribution < -0.4 is 24.1 Å². The Hall–Kier alpha value is -3.67. The van der Waals surface area contributed by atoms with Crippen LogP contribution >= 0.6 is 0 Å². The zero-order valence-corrected chi connectivity index (χ0v) is 17.4. The highest BCUT2D eigenvalue weighted by molar-refractivity contribution is 6.07. The van der Waals surface area contributed by atoms with Gasteiger partial charge in [-0.25, -0.2) is 5.01 Å². The summed E-state index contributed by atoms with van der Waals surface area (Å²) in [7, 11) is 5.03. The Kier molecular flexibility index (Phi) is 5.75. The molecule has 4 rings (SSSR count). The Bertz CT molecular complexity index is 1040. The lowest BCUT2D eigenvalue weighted by molar-refractivity contribution is 0.403. The number of para-hydroxylation sites is 2. The second kappa shape index (κ2) is 8.78. The van der Waals surface area contributed by atoms with E-state index in [-0.39, 0.29) is 0 Å². The van der Waals surface area contributed by atoms with Crippen LogP contribution in [0.1, 0.15) is 5.56 Å². The molecule has 0 unspecified atom stereocenters. The molecule has 0 radical (unpaired) electrons. The third-order valence-corrected chi connectivity index (χ3v) is 5.09. The molecule has 154 valence electrons. The highest BCUT2D eigenvalue weighted by Gasteiger charge is 2.26. The van der Waals surface area contributed by atoms with E-state index in [0.29, 0.717) is 13.2 Å². The molecule has 6 nitrogen and oxygen atoms in total. The molecule has 0 bridgehead atoms. The van der Waals surface area contributed by atoms with E-state index >= 15 is 0 Å². The van der Waals surface area contributed by atoms with Crippen LogP contribution in [-0.4, -0.2) is 40.3 Å². The highest BCUT2D eigenvalue weighted by Crippen LogP contribution is 2.35. The Balaban J connectivity index is 1.80. The first-order chi connectivity index (χ1) is 14.7. The average Bonchev–Trinajstić information content (AvgIpc) is 2.83. The van der Waals surface area contributed by atoms with Gasteiger partial charge in [-0.1, -0.05) is 30.3 Å². The van der Waals surface area contributed by atoms with Crippen LogP contribution in [0.25, 0.3) is 0 Å². The van der Waals surface area contributed by atoms with Crippen LogP contribution in [0, 0.1) is 0 Å². The van der Waals surface area contributed by atoms with Crippen LogP contribution in [0.2, 0.25) is 0 Å². The number of ether oxygens (including phenoxy) is 3. The van der Waals surface area contributed by atoms with Crippen molar-refractivity contribution in [3.8, 4) is 17.2 Å². The van der Waals surface area contributed by atoms with Crippen molar-refractivity contribution in [2.45, 2.75) is 0 Å². The summed E-state index contributed by atoms with van der Waals surface area (Å²) in [6.07, 6.45) is 0. The second-order valence-electron chi connectivity index (χ2n) is 6.86. The minimum Gasteiger partial charge on any atom is -0.497 e. The van der Waals surface area contributed by atoms with Gasteiger partial charge in [0, 0.05) is 11.6 Å². The summed E-state index contributed by atoms with van der Waals surface area (Å²) in [4.78, 5) is 2.23. The van der Waals surface area contributed by atoms with Gasteiger partial charge in [0.25, 0.3) is 0 Å². The summed E-state index contributed by atoms with van der Waals surface area (Å²) in [5.74, 6) is 2.35. The van der Waals surface area contributed by atoms with Crippen LogP contribution in [0.3, 0.4) is 0 Å². The van der Waals surface area contributed by atoms with E-state index in [0.717, 1.165) is 39.9 Å². The van der Waals surface area contributed by atoms with Gasteiger partial charge in [-0.05, 0) is 36.4 Å². The van der Waals surface area contributed by atoms with Gasteiger partial charge in [-0.3, -0.25) is 0 Å². The average molecular weight is 403 g/mol. The predicted molar refractivity (Wildman–Crippen MR) is 120 cm³/mol. The number of methoxy groups -OCH3 is 3. The molecule has 0 atom stereocenters. The molecule has 0 spiro atoms. The summed E-state index contributed by atoms with van der Waals surface area (Å²) in [6.45, 7) is 1.18. The van der Waals surface area contributed by atoms with E-state index < -0.39 is 0 Å². The normalized spacial score (nSPS) is 13.6. The molecule has 0 amide bonds. The number of hydrogen-bond acceptors (Lipinski definition) is 6. The molecule has 0 N–H and O–H groups in total. The van der Waals surface area contributed by atoms with Gasteiger partial charge in [0.2, 0.25) is 0 Å². The van der Waals surface area contributed by atoms with Gasteiger partial charge in [-0.15, -0.1) is 0 Å². The molecule has 1 aliphatic heterocycles. The summed E-state index contributed by atoms with van der Waals surface area (Å²) in [6, 6.07) is 23.9. The second-order valence-corrected chi connectivity index (χ2v) is 6.86. The number of anilines is 2. The molecular formula is C24H25N3O3. The van der Waals surface area contributed by atoms with Crippen molar-refractivity contribution in [2.24, 2.45) is 5.10 Å². The van der Waals surface area contributed by atoms with Crippen molar-refractivity contribution in [1.29, 1.82) is 0 Å². The topological polar surface area (TPSA) is 46.5 Å². The first-order valence-electron chi connectivity index (χ1n) is 9.74. The number of rotatable bonds is 6. The van der Waals surface area contributed by atoms with Gasteiger partial charge in [0.1, 0.15) is 23.9 Å². The summed E-state index contributed by atoms with van der Waals surface area (Å²) in [5.41, 5.74) is 3.83. The first kappa shape index (κ1) is 19.6. The number of nitrogens with zero attached hydrogens (tertiary/aromatic N) is 3. The molecule has 30 heavy (non-hydrogen) atoms. The Morgan fingerprint density at radius 3 is 2.23 bits per heavy atom. The zero-order valence-electron chi connectivity index (χ0n) is 17.4. The monoisotopic (exact) mass is 403 g/mol. The van der Waals surface area contributed by atoms with E-state index in [9.17, 15) is 0 Å². The van der Waals surface area contributed by atoms with Gasteiger partial charge in [-0.2, -0.15) is 5.10 Å². The van der Waals surface area contributed by atoms with Gasteiger partial charge in [0.15, 0.2) is 0 Å². The summed E-state index contributed by atoms with van der Waals surface area (Å²) < 4.78 is 16.7. The Morgan fingerprint density at radius 2 is 1.50 bits per heavy atom. The molecular weight excluding hydrogens is 378 g/mol. The van der Waals surface area contributed by atoms with Crippen molar-refractivity contribution < 1.29 is 14.2 Å². The fourth-order valence-corrected chi connectivity index (χ4v) is 3.57. The Labute approximate surface area is 176 Å². The SMILES string of the molecule is COc1ccc(OC)c(N2CC(c3ccccc3OC)=NN(c3ccccc3)C2)c1. The molecule has 6 heteroatoms. The van der Waals surface area contributed by atoms with Gasteiger partial charge >= 0.3 is 0 Å². The van der Waals surface area contributed by atoms with Crippen molar-refractivity contribution in [3.63, 3.8) is 0 Å². The van der Waals surface area contributed by atoms with Crippen molar-refractivity contribution >= 4 is 17.1 Å². The third-order valence-electron chi connectivity index (χ3n) is 5.09. The molecule has 3 aromatic rings. The lowest BCUT2D eigenvalue weighted by Gasteiger charge is -2.36. The molecule has 1 heterocycles. The molecule has 1 aliphatic rings. The lowest BCUT2D eigenvalue weighted by Crippen LogP contribution is -2.44. The Morgan fingerprint density at radius 1 is 0.767 bits per heavy atom. The van der Waals surface area contributed by atoms with Crippen molar-refractivity contribution in [2.75, 3.05) is 44.5 Å². The first-order valence-corrected chi connectivity index (χ1v) is 9.74. The molecule has 0 aromatic heterocycles. The lowest BCUT2D eigenvalue weighted by atomic mass is 10.1. The minimum absolute atomic E-state index is 0.576. The highest BCUT2D eigenvalue weighted by atomic mass is 16.5. The standard InChI is InChI=1S/C24H25N3O3/c1-28-19-13-14-24(30-3)22(15-19)26-16-21(20-11-7-8-12-23(20)29-2)25-27(17-26)18-9-5-4-6-10-18/h4-15H,16-17H2,1-3H3. The molecule has 3 aromatic carbocycles. The van der Waals surface area contributed by atoms with Crippen molar-refractivity contribution in [1.82, 2.24) is 0 Å². The number of hydrazone groups is 1. The van der Waals surface area contributed by atoms with E-state index in [1.165, 1.54) is 0 Å². The third kappa shape index (κ3) is 3.89. The predicted octanol–water partition coefficient (Wildman–Crippen LogP) is 4.40. The molecule has 0 fully saturated rings. The van der Waals surface area contributed by atoms with Crippen molar-refractivity contribution in [3.05, 3.63) is 78.4 Å². The van der Waals surface area contributed by atoms with Crippen LogP contribution in [0.4, 0.5) is 11.4 Å². The number of hydrogen-bond donors (Lipinski definition) is 0. The van der Waals surface area contributed by atoms with E-state index in [4.69, 9.17) is 19.3 Å². The fraction of sp³-hybridized carbons (Fsp3) is 0.208. The largest absolute Gasteiger partial charge is 0.497 e. The fourth-order valence-electron chi connectivity index (χ4n) is 3.57. The molecule has 0 saturated carbocycles. The quantitative estimate of drug-likeness (QED) is 0.610. The summed E-state index contributed by atoms with van der Waals surface area (Å²) in [5, 5.41) is 6.95. The molecule has 0 saturated heterocycles. The maximum absolute atomic E-state index is 5.64. The van der Waals surface area contributed by atoms with Crippen LogP contribution in [-0.2, 0) is 0 Å². The maximum atomic E-state index is 5.64. The van der Waals surface area contributed by atoms with E-state index in [1.807, 2.05) is 65.7 Å². The van der Waals surface area contributed by atoms with Crippen LogP contribution in [0.15, 0.2) is 77.9 Å². The van der Waals surface area contributed by atoms with E-state index in [1.54, 1.807) is 21.3 Å².